The minimum Gasteiger partial charge on any atom is -0.476 e. The summed E-state index contributed by atoms with van der Waals surface area (Å²) in [6.45, 7) is 0.488. The summed E-state index contributed by atoms with van der Waals surface area (Å²) in [6, 6.07) is 17.2. The van der Waals surface area contributed by atoms with Crippen LogP contribution >= 0.6 is 31.9 Å². The summed E-state index contributed by atoms with van der Waals surface area (Å²) in [5, 5.41) is 16.2. The monoisotopic (exact) mass is 719 g/mol. The van der Waals surface area contributed by atoms with E-state index < -0.39 is 5.97 Å². The molecule has 12 nitrogen and oxygen atoms in total. The molecule has 228 valence electrons. The van der Waals surface area contributed by atoms with E-state index in [1.54, 1.807) is 49.1 Å². The minimum atomic E-state index is -1.01. The second kappa shape index (κ2) is 17.1. The van der Waals surface area contributed by atoms with Gasteiger partial charge in [-0.15, -0.1) is 0 Å². The topological polar surface area (TPSA) is 169 Å². The molecule has 0 aliphatic carbocycles. The van der Waals surface area contributed by atoms with Gasteiger partial charge in [0.25, 0.3) is 0 Å². The van der Waals surface area contributed by atoms with Gasteiger partial charge in [0, 0.05) is 39.2 Å². The van der Waals surface area contributed by atoms with Crippen LogP contribution in [0.25, 0.3) is 0 Å². The van der Waals surface area contributed by atoms with Crippen molar-refractivity contribution >= 4 is 55.6 Å². The van der Waals surface area contributed by atoms with Gasteiger partial charge in [0.2, 0.25) is 0 Å². The van der Waals surface area contributed by atoms with E-state index in [4.69, 9.17) is 10.8 Å². The van der Waals surface area contributed by atoms with E-state index in [2.05, 4.69) is 51.5 Å². The molecule has 0 aliphatic heterocycles. The van der Waals surface area contributed by atoms with Crippen molar-refractivity contribution in [1.82, 2.24) is 19.6 Å². The second-order valence-electron chi connectivity index (χ2n) is 8.76. The highest BCUT2D eigenvalue weighted by Crippen LogP contribution is 2.14. The minimum absolute atomic E-state index is 0.00616. The van der Waals surface area contributed by atoms with Gasteiger partial charge in [-0.1, -0.05) is 24.3 Å². The van der Waals surface area contributed by atoms with Crippen LogP contribution in [-0.4, -0.2) is 62.6 Å². The van der Waals surface area contributed by atoms with Gasteiger partial charge in [-0.05, 0) is 73.7 Å². The molecule has 2 aromatic heterocycles. The number of carboxylic acid groups (broad SMARTS) is 1. The Balaban J connectivity index is 0.000000248. The van der Waals surface area contributed by atoms with Gasteiger partial charge < -0.3 is 20.3 Å². The third-order valence-corrected chi connectivity index (χ3v) is 7.26. The molecular weight excluding hydrogens is 690 g/mol. The normalized spacial score (nSPS) is 10.0. The molecule has 4 rings (SSSR count). The predicted octanol–water partition coefficient (Wildman–Crippen LogP) is 4.60. The fraction of sp³-hybridized carbons (Fsp3) is 0.241. The highest BCUT2D eigenvalue weighted by atomic mass is 79.9. The fourth-order valence-electron chi connectivity index (χ4n) is 3.34. The van der Waals surface area contributed by atoms with E-state index >= 15 is 0 Å². The fourth-order valence-corrected chi connectivity index (χ4v) is 3.93. The Labute approximate surface area is 265 Å². The number of benzene rings is 2. The number of methoxy groups -OCH3 is 2. The summed E-state index contributed by atoms with van der Waals surface area (Å²) in [7, 11) is 6.14. The Hall–Kier alpha value is -4.14. The van der Waals surface area contributed by atoms with Crippen molar-refractivity contribution in [1.29, 1.82) is 0 Å². The van der Waals surface area contributed by atoms with E-state index in [9.17, 15) is 19.2 Å². The molecular formula is C29H31Br2N5O7. The van der Waals surface area contributed by atoms with Crippen molar-refractivity contribution in [2.24, 2.45) is 19.8 Å². The molecule has 0 radical (unpaired) electrons. The van der Waals surface area contributed by atoms with Crippen LogP contribution in [0.3, 0.4) is 0 Å². The first-order chi connectivity index (χ1) is 20.4. The molecule has 0 saturated carbocycles. The van der Waals surface area contributed by atoms with Crippen molar-refractivity contribution < 1.29 is 33.8 Å². The lowest BCUT2D eigenvalue weighted by atomic mass is 10.0. The quantitative estimate of drug-likeness (QED) is 0.194. The number of Topliss-reactive ketones (excluding diaryl/α,β-unsaturated/α-hetero) is 1. The van der Waals surface area contributed by atoms with Crippen LogP contribution in [0, 0.1) is 0 Å². The number of aromatic nitrogens is 4. The van der Waals surface area contributed by atoms with Crippen LogP contribution in [-0.2, 0) is 36.5 Å². The van der Waals surface area contributed by atoms with Crippen LogP contribution in [0.15, 0.2) is 69.9 Å². The maximum atomic E-state index is 12.0. The molecule has 14 heteroatoms. The number of carbonyl (C=O) groups excluding carboxylic acids is 3. The Bertz CT molecular complexity index is 1510. The first-order valence-electron chi connectivity index (χ1n) is 12.6. The SMILES string of the molecule is COC(=O)c1ccc(CCC(=O)c2cc(Br)n(C)n2)cc1.COC(=O)c1ccc(CN)cc1.Cn1nc(C(=O)O)cc1Br. The number of ether oxygens (including phenoxy) is 2. The molecule has 0 atom stereocenters. The lowest BCUT2D eigenvalue weighted by Crippen LogP contribution is -2.04. The average molecular weight is 721 g/mol. The zero-order valence-electron chi connectivity index (χ0n) is 23.9. The maximum Gasteiger partial charge on any atom is 0.356 e. The zero-order chi connectivity index (χ0) is 32.1. The molecule has 0 saturated heterocycles. The number of esters is 2. The molecule has 0 unspecified atom stereocenters. The van der Waals surface area contributed by atoms with Gasteiger partial charge in [0.1, 0.15) is 14.9 Å². The van der Waals surface area contributed by atoms with Gasteiger partial charge in [0.05, 0.1) is 25.3 Å². The number of aryl methyl sites for hydroxylation is 3. The number of halogens is 2. The van der Waals surface area contributed by atoms with Crippen molar-refractivity contribution in [3.8, 4) is 0 Å². The van der Waals surface area contributed by atoms with Crippen molar-refractivity contribution in [2.45, 2.75) is 19.4 Å². The summed E-state index contributed by atoms with van der Waals surface area (Å²) in [4.78, 5) is 44.6. The number of nitrogens with zero attached hydrogens (tertiary/aromatic N) is 4. The van der Waals surface area contributed by atoms with Gasteiger partial charge in [0.15, 0.2) is 11.5 Å². The highest BCUT2D eigenvalue weighted by Gasteiger charge is 2.12. The van der Waals surface area contributed by atoms with Crippen LogP contribution in [0.4, 0.5) is 0 Å². The molecule has 0 bridgehead atoms. The van der Waals surface area contributed by atoms with Gasteiger partial charge >= 0.3 is 17.9 Å². The van der Waals surface area contributed by atoms with E-state index in [-0.39, 0.29) is 23.4 Å². The maximum absolute atomic E-state index is 12.0. The predicted molar refractivity (Wildman–Crippen MR) is 165 cm³/mol. The molecule has 43 heavy (non-hydrogen) atoms. The third kappa shape index (κ3) is 10.9. The average Bonchev–Trinajstić information content (AvgIpc) is 3.55. The molecule has 0 amide bonds. The van der Waals surface area contributed by atoms with Crippen LogP contribution < -0.4 is 5.73 Å². The molecule has 0 aliphatic rings. The molecule has 4 aromatic rings. The molecule has 0 fully saturated rings. The van der Waals surface area contributed by atoms with Crippen molar-refractivity contribution in [3.63, 3.8) is 0 Å². The summed E-state index contributed by atoms with van der Waals surface area (Å²) < 4.78 is 13.7. The number of carbonyl (C=O) groups is 4. The summed E-state index contributed by atoms with van der Waals surface area (Å²) in [6.07, 6.45) is 0.982. The first kappa shape index (κ1) is 35.1. The van der Waals surface area contributed by atoms with Crippen LogP contribution in [0.2, 0.25) is 0 Å². The van der Waals surface area contributed by atoms with Crippen molar-refractivity contribution in [3.05, 3.63) is 104 Å². The smallest absolute Gasteiger partial charge is 0.356 e. The lowest BCUT2D eigenvalue weighted by molar-refractivity contribution is 0.0592. The summed E-state index contributed by atoms with van der Waals surface area (Å²) in [5.41, 5.74) is 8.94. The van der Waals surface area contributed by atoms with E-state index in [1.165, 1.54) is 25.0 Å². The number of hydrogen-bond acceptors (Lipinski definition) is 9. The zero-order valence-corrected chi connectivity index (χ0v) is 27.1. The Morgan fingerprint density at radius 3 is 1.51 bits per heavy atom. The standard InChI is InChI=1S/C15H15BrN2O3.C9H11NO2.C5H5BrN2O2/c1-18-14(16)9-12(17-18)13(19)8-5-10-3-6-11(7-4-10)15(20)21-2;1-12-9(11)8-4-2-7(6-10)3-5-8;1-8-4(6)2-3(7-8)5(9)10/h3-4,6-7,9H,5,8H2,1-2H3;2-5H,6,10H2,1H3;2H,1H3,(H,9,10). The number of hydrogen-bond donors (Lipinski definition) is 2. The van der Waals surface area contributed by atoms with Gasteiger partial charge in [-0.3, -0.25) is 14.2 Å². The summed E-state index contributed by atoms with van der Waals surface area (Å²) in [5.74, 6) is -1.70. The summed E-state index contributed by atoms with van der Waals surface area (Å²) >= 11 is 6.43. The largest absolute Gasteiger partial charge is 0.476 e. The van der Waals surface area contributed by atoms with E-state index in [0.29, 0.717) is 40.8 Å². The van der Waals surface area contributed by atoms with E-state index in [0.717, 1.165) is 15.7 Å². The Kier molecular flexibility index (Phi) is 13.9. The van der Waals surface area contributed by atoms with Gasteiger partial charge in [-0.25, -0.2) is 14.4 Å². The number of ketones is 1. The van der Waals surface area contributed by atoms with Crippen LogP contribution in [0.5, 0.6) is 0 Å². The Morgan fingerprint density at radius 1 is 0.767 bits per heavy atom. The third-order valence-electron chi connectivity index (χ3n) is 5.78. The van der Waals surface area contributed by atoms with E-state index in [1.807, 2.05) is 24.3 Å². The number of rotatable bonds is 8. The first-order valence-corrected chi connectivity index (χ1v) is 14.2. The molecule has 3 N–H and O–H groups in total. The second-order valence-corrected chi connectivity index (χ2v) is 10.4. The van der Waals surface area contributed by atoms with Crippen LogP contribution in [0.1, 0.15) is 59.2 Å². The number of aromatic carboxylic acids is 1. The highest BCUT2D eigenvalue weighted by molar-refractivity contribution is 9.10. The number of carboxylic acids is 1. The number of nitrogens with two attached hydrogens (primary N) is 1. The molecule has 2 aromatic carbocycles. The Morgan fingerprint density at radius 2 is 1.19 bits per heavy atom. The molecule has 2 heterocycles. The molecule has 0 spiro atoms. The lowest BCUT2D eigenvalue weighted by Gasteiger charge is -2.02. The van der Waals surface area contributed by atoms with Gasteiger partial charge in [-0.2, -0.15) is 10.2 Å². The van der Waals surface area contributed by atoms with Crippen molar-refractivity contribution in [2.75, 3.05) is 14.2 Å².